The van der Waals surface area contributed by atoms with Crippen LogP contribution in [0.2, 0.25) is 10.0 Å². The molecule has 1 fully saturated rings. The first-order valence-corrected chi connectivity index (χ1v) is 9.31. The minimum atomic E-state index is -3.56. The van der Waals surface area contributed by atoms with Crippen LogP contribution in [0.5, 0.6) is 0 Å². The zero-order chi connectivity index (χ0) is 15.5. The molecule has 0 spiro atoms. The first-order valence-electron chi connectivity index (χ1n) is 7.11. The van der Waals surface area contributed by atoms with E-state index < -0.39 is 10.0 Å². The van der Waals surface area contributed by atoms with Crippen molar-refractivity contribution >= 4 is 45.6 Å². The highest BCUT2D eigenvalue weighted by atomic mass is 35.5. The molecule has 0 radical (unpaired) electrons. The Morgan fingerprint density at radius 3 is 2.50 bits per heavy atom. The number of nitrogens with one attached hydrogen (secondary N) is 1. The lowest BCUT2D eigenvalue weighted by Crippen LogP contribution is -2.40. The lowest BCUT2D eigenvalue weighted by molar-refractivity contribution is 0.268. The van der Waals surface area contributed by atoms with E-state index in [1.807, 2.05) is 0 Å². The van der Waals surface area contributed by atoms with E-state index in [-0.39, 0.29) is 27.3 Å². The molecule has 0 amide bonds. The molecule has 4 nitrogen and oxygen atoms in total. The van der Waals surface area contributed by atoms with Crippen molar-refractivity contribution in [1.29, 1.82) is 0 Å². The van der Waals surface area contributed by atoms with Gasteiger partial charge in [-0.1, -0.05) is 36.2 Å². The molecule has 1 saturated heterocycles. The van der Waals surface area contributed by atoms with Crippen LogP contribution in [0.1, 0.15) is 19.8 Å². The van der Waals surface area contributed by atoms with Crippen molar-refractivity contribution in [3.8, 4) is 0 Å². The third kappa shape index (κ3) is 4.49. The van der Waals surface area contributed by atoms with E-state index in [1.54, 1.807) is 12.1 Å². The largest absolute Gasteiger partial charge is 0.317 e. The average molecular weight is 388 g/mol. The maximum absolute atomic E-state index is 12.6. The van der Waals surface area contributed by atoms with Gasteiger partial charge in [0.1, 0.15) is 4.90 Å². The molecular weight excluding hydrogens is 367 g/mol. The van der Waals surface area contributed by atoms with Crippen molar-refractivity contribution in [3.63, 3.8) is 0 Å². The average Bonchev–Trinajstić information content (AvgIpc) is 2.48. The predicted molar refractivity (Wildman–Crippen MR) is 93.7 cm³/mol. The molecule has 0 unspecified atom stereocenters. The van der Waals surface area contributed by atoms with Crippen molar-refractivity contribution in [2.75, 3.05) is 26.2 Å². The molecule has 0 atom stereocenters. The van der Waals surface area contributed by atoms with Crippen molar-refractivity contribution < 1.29 is 8.42 Å². The molecule has 1 aliphatic heterocycles. The smallest absolute Gasteiger partial charge is 0.244 e. The fourth-order valence-electron chi connectivity index (χ4n) is 2.52. The lowest BCUT2D eigenvalue weighted by Gasteiger charge is -2.31. The Morgan fingerprint density at radius 2 is 1.91 bits per heavy atom. The topological polar surface area (TPSA) is 49.4 Å². The number of sulfonamides is 1. The zero-order valence-electron chi connectivity index (χ0n) is 12.4. The number of piperidine rings is 1. The lowest BCUT2D eigenvalue weighted by atomic mass is 9.98. The van der Waals surface area contributed by atoms with Gasteiger partial charge in [0, 0.05) is 13.1 Å². The summed E-state index contributed by atoms with van der Waals surface area (Å²) in [5, 5.41) is 3.68. The van der Waals surface area contributed by atoms with Gasteiger partial charge in [0.15, 0.2) is 0 Å². The van der Waals surface area contributed by atoms with Crippen LogP contribution < -0.4 is 5.32 Å². The summed E-state index contributed by atoms with van der Waals surface area (Å²) in [7, 11) is -3.56. The highest BCUT2D eigenvalue weighted by Gasteiger charge is 2.31. The van der Waals surface area contributed by atoms with Gasteiger partial charge in [-0.25, -0.2) is 8.42 Å². The summed E-state index contributed by atoms with van der Waals surface area (Å²) in [6.07, 6.45) is 1.73. The van der Waals surface area contributed by atoms with Gasteiger partial charge in [0.2, 0.25) is 10.0 Å². The molecule has 2 rings (SSSR count). The summed E-state index contributed by atoms with van der Waals surface area (Å²) in [4.78, 5) is 0.0989. The fourth-order valence-corrected chi connectivity index (χ4v) is 4.73. The zero-order valence-corrected chi connectivity index (χ0v) is 15.5. The molecule has 8 heteroatoms. The maximum atomic E-state index is 12.6. The molecule has 0 bridgehead atoms. The van der Waals surface area contributed by atoms with Crippen molar-refractivity contribution in [2.24, 2.45) is 5.92 Å². The summed E-state index contributed by atoms with van der Waals surface area (Å²) in [6.45, 7) is 5.02. The van der Waals surface area contributed by atoms with Gasteiger partial charge >= 0.3 is 0 Å². The first kappa shape index (κ1) is 20.0. The summed E-state index contributed by atoms with van der Waals surface area (Å²) in [5.74, 6) is 0.534. The minimum absolute atomic E-state index is 0. The van der Waals surface area contributed by atoms with Crippen LogP contribution in [-0.2, 0) is 10.0 Å². The molecule has 0 aliphatic carbocycles. The van der Waals surface area contributed by atoms with Crippen LogP contribution in [0, 0.1) is 5.92 Å². The van der Waals surface area contributed by atoms with Gasteiger partial charge in [-0.15, -0.1) is 12.4 Å². The Balaban J connectivity index is 0.00000242. The first-order chi connectivity index (χ1) is 9.96. The molecule has 22 heavy (non-hydrogen) atoms. The van der Waals surface area contributed by atoms with Gasteiger partial charge in [-0.05, 0) is 44.0 Å². The Labute approximate surface area is 148 Å². The highest BCUT2D eigenvalue weighted by Crippen LogP contribution is 2.32. The minimum Gasteiger partial charge on any atom is -0.317 e. The second-order valence-corrected chi connectivity index (χ2v) is 7.90. The molecule has 1 aliphatic rings. The van der Waals surface area contributed by atoms with Crippen LogP contribution in [0.3, 0.4) is 0 Å². The molecule has 1 aromatic carbocycles. The van der Waals surface area contributed by atoms with Crippen LogP contribution in [0.25, 0.3) is 0 Å². The summed E-state index contributed by atoms with van der Waals surface area (Å²) >= 11 is 12.0. The normalized spacial score (nSPS) is 17.2. The standard InChI is InChI=1S/C14H20Cl2N2O2S.ClH/c1-2-17-10-11-6-8-18(9-7-11)21(19,20)13-5-3-4-12(15)14(13)16;/h3-5,11,17H,2,6-10H2,1H3;1H. The summed E-state index contributed by atoms with van der Waals surface area (Å²) in [6, 6.07) is 4.71. The number of benzene rings is 1. The molecule has 1 N–H and O–H groups in total. The van der Waals surface area contributed by atoms with Gasteiger partial charge in [0.25, 0.3) is 0 Å². The quantitative estimate of drug-likeness (QED) is 0.842. The van der Waals surface area contributed by atoms with Crippen molar-refractivity contribution in [2.45, 2.75) is 24.7 Å². The van der Waals surface area contributed by atoms with Gasteiger partial charge < -0.3 is 5.32 Å². The summed E-state index contributed by atoms with van der Waals surface area (Å²) in [5.41, 5.74) is 0. The number of rotatable bonds is 5. The molecule has 1 heterocycles. The van der Waals surface area contributed by atoms with Crippen LogP contribution in [0.15, 0.2) is 23.1 Å². The number of nitrogens with zero attached hydrogens (tertiary/aromatic N) is 1. The molecule has 1 aromatic rings. The monoisotopic (exact) mass is 386 g/mol. The van der Waals surface area contributed by atoms with Crippen molar-refractivity contribution in [3.05, 3.63) is 28.2 Å². The van der Waals surface area contributed by atoms with Crippen LogP contribution in [-0.4, -0.2) is 38.9 Å². The van der Waals surface area contributed by atoms with Gasteiger partial charge in [-0.3, -0.25) is 0 Å². The van der Waals surface area contributed by atoms with Crippen LogP contribution >= 0.6 is 35.6 Å². The second kappa shape index (κ2) is 8.71. The van der Waals surface area contributed by atoms with E-state index in [1.165, 1.54) is 10.4 Å². The van der Waals surface area contributed by atoms with E-state index >= 15 is 0 Å². The van der Waals surface area contributed by atoms with Gasteiger partial charge in [-0.2, -0.15) is 4.31 Å². The predicted octanol–water partition coefficient (Wildman–Crippen LogP) is 3.43. The Kier molecular flexibility index (Phi) is 7.92. The molecular formula is C14H21Cl3N2O2S. The Bertz CT molecular complexity index is 588. The Hall–Kier alpha value is -0.0400. The second-order valence-electron chi connectivity index (χ2n) is 5.21. The van der Waals surface area contributed by atoms with Crippen LogP contribution in [0.4, 0.5) is 0 Å². The molecule has 0 saturated carbocycles. The molecule has 0 aromatic heterocycles. The number of hydrogen-bond donors (Lipinski definition) is 1. The van der Waals surface area contributed by atoms with Crippen molar-refractivity contribution in [1.82, 2.24) is 9.62 Å². The number of halogens is 3. The van der Waals surface area contributed by atoms with E-state index in [4.69, 9.17) is 23.2 Å². The molecule has 126 valence electrons. The fraction of sp³-hybridized carbons (Fsp3) is 0.571. The number of hydrogen-bond acceptors (Lipinski definition) is 3. The highest BCUT2D eigenvalue weighted by molar-refractivity contribution is 7.89. The van der Waals surface area contributed by atoms with E-state index in [0.29, 0.717) is 19.0 Å². The Morgan fingerprint density at radius 1 is 1.27 bits per heavy atom. The van der Waals surface area contributed by atoms with Gasteiger partial charge in [0.05, 0.1) is 10.0 Å². The van der Waals surface area contributed by atoms with E-state index in [0.717, 1.165) is 25.9 Å². The SMILES string of the molecule is CCNCC1CCN(S(=O)(=O)c2cccc(Cl)c2Cl)CC1.Cl. The third-order valence-electron chi connectivity index (χ3n) is 3.79. The summed E-state index contributed by atoms with van der Waals surface area (Å²) < 4.78 is 26.8. The van der Waals surface area contributed by atoms with E-state index in [2.05, 4.69) is 12.2 Å². The van der Waals surface area contributed by atoms with E-state index in [9.17, 15) is 8.42 Å². The maximum Gasteiger partial charge on any atom is 0.244 e. The third-order valence-corrected chi connectivity index (χ3v) is 6.66.